The Morgan fingerprint density at radius 3 is 2.77 bits per heavy atom. The minimum atomic E-state index is 0.325. The average Bonchev–Trinajstić information content (AvgIpc) is 2.43. The minimum absolute atomic E-state index is 0.325. The first-order chi connectivity index (χ1) is 6.16. The lowest BCUT2D eigenvalue weighted by molar-refractivity contribution is 0.454. The standard InChI is InChI=1S/C10H18N2O/c1-4-5-6-12-10(8(2)3)9(13)7-11-12/h7-8,13H,4-6H2,1-3H3. The third kappa shape index (κ3) is 2.23. The summed E-state index contributed by atoms with van der Waals surface area (Å²) in [7, 11) is 0. The van der Waals surface area contributed by atoms with E-state index in [0.29, 0.717) is 11.7 Å². The van der Waals surface area contributed by atoms with Crippen molar-refractivity contribution in [2.75, 3.05) is 0 Å². The third-order valence-corrected chi connectivity index (χ3v) is 2.13. The molecule has 0 aliphatic heterocycles. The van der Waals surface area contributed by atoms with Crippen LogP contribution < -0.4 is 0 Å². The molecule has 0 saturated heterocycles. The van der Waals surface area contributed by atoms with Crippen molar-refractivity contribution < 1.29 is 5.11 Å². The Balaban J connectivity index is 2.81. The van der Waals surface area contributed by atoms with Gasteiger partial charge in [0, 0.05) is 6.54 Å². The Morgan fingerprint density at radius 1 is 1.54 bits per heavy atom. The van der Waals surface area contributed by atoms with Gasteiger partial charge in [-0.1, -0.05) is 27.2 Å². The zero-order valence-electron chi connectivity index (χ0n) is 8.62. The van der Waals surface area contributed by atoms with Crippen molar-refractivity contribution in [2.24, 2.45) is 0 Å². The van der Waals surface area contributed by atoms with Gasteiger partial charge in [-0.05, 0) is 12.3 Å². The minimum Gasteiger partial charge on any atom is -0.504 e. The second kappa shape index (κ2) is 4.30. The Bertz CT molecular complexity index is 266. The third-order valence-electron chi connectivity index (χ3n) is 2.13. The topological polar surface area (TPSA) is 38.0 Å². The largest absolute Gasteiger partial charge is 0.504 e. The van der Waals surface area contributed by atoms with Gasteiger partial charge in [0.15, 0.2) is 5.75 Å². The first kappa shape index (κ1) is 10.1. The van der Waals surface area contributed by atoms with Gasteiger partial charge >= 0.3 is 0 Å². The number of aromatic nitrogens is 2. The van der Waals surface area contributed by atoms with E-state index in [2.05, 4.69) is 25.9 Å². The van der Waals surface area contributed by atoms with E-state index in [1.807, 2.05) is 4.68 Å². The Hall–Kier alpha value is -0.990. The highest BCUT2D eigenvalue weighted by molar-refractivity contribution is 5.25. The van der Waals surface area contributed by atoms with Crippen molar-refractivity contribution in [1.82, 2.24) is 9.78 Å². The van der Waals surface area contributed by atoms with Crippen LogP contribution in [0.3, 0.4) is 0 Å². The summed E-state index contributed by atoms with van der Waals surface area (Å²) in [5, 5.41) is 13.7. The van der Waals surface area contributed by atoms with Crippen LogP contribution in [0.4, 0.5) is 0 Å². The van der Waals surface area contributed by atoms with Crippen molar-refractivity contribution in [3.05, 3.63) is 11.9 Å². The summed E-state index contributed by atoms with van der Waals surface area (Å²) in [6, 6.07) is 0. The first-order valence-corrected chi connectivity index (χ1v) is 4.91. The quantitative estimate of drug-likeness (QED) is 0.777. The summed E-state index contributed by atoms with van der Waals surface area (Å²) in [6.45, 7) is 7.20. The van der Waals surface area contributed by atoms with E-state index in [1.165, 1.54) is 6.20 Å². The molecule has 1 heterocycles. The lowest BCUT2D eigenvalue weighted by Gasteiger charge is -2.09. The van der Waals surface area contributed by atoms with E-state index in [1.54, 1.807) is 0 Å². The highest BCUT2D eigenvalue weighted by atomic mass is 16.3. The summed E-state index contributed by atoms with van der Waals surface area (Å²) < 4.78 is 1.91. The molecule has 0 atom stereocenters. The highest BCUT2D eigenvalue weighted by Gasteiger charge is 2.12. The molecular formula is C10H18N2O. The van der Waals surface area contributed by atoms with Crippen molar-refractivity contribution in [3.8, 4) is 5.75 Å². The van der Waals surface area contributed by atoms with Crippen LogP contribution in [0.25, 0.3) is 0 Å². The predicted molar refractivity (Wildman–Crippen MR) is 52.9 cm³/mol. The van der Waals surface area contributed by atoms with Gasteiger partial charge in [-0.2, -0.15) is 5.10 Å². The molecule has 1 aromatic rings. The molecule has 3 heteroatoms. The van der Waals surface area contributed by atoms with Crippen LogP contribution in [0, 0.1) is 0 Å². The first-order valence-electron chi connectivity index (χ1n) is 4.91. The molecular weight excluding hydrogens is 164 g/mol. The van der Waals surface area contributed by atoms with Crippen LogP contribution in [-0.2, 0) is 6.54 Å². The summed E-state index contributed by atoms with van der Waals surface area (Å²) in [5.41, 5.74) is 0.952. The Labute approximate surface area is 79.4 Å². The van der Waals surface area contributed by atoms with Gasteiger partial charge in [-0.25, -0.2) is 0 Å². The Morgan fingerprint density at radius 2 is 2.23 bits per heavy atom. The molecule has 0 amide bonds. The monoisotopic (exact) mass is 182 g/mol. The van der Waals surface area contributed by atoms with E-state index >= 15 is 0 Å². The van der Waals surface area contributed by atoms with Gasteiger partial charge in [0.1, 0.15) is 0 Å². The van der Waals surface area contributed by atoms with Crippen LogP contribution in [0.2, 0.25) is 0 Å². The normalized spacial score (nSPS) is 11.1. The van der Waals surface area contributed by atoms with E-state index < -0.39 is 0 Å². The number of hydrogen-bond donors (Lipinski definition) is 1. The van der Waals surface area contributed by atoms with E-state index in [-0.39, 0.29) is 0 Å². The smallest absolute Gasteiger partial charge is 0.157 e. The van der Waals surface area contributed by atoms with Crippen molar-refractivity contribution in [1.29, 1.82) is 0 Å². The number of aromatic hydroxyl groups is 1. The molecule has 0 bridgehead atoms. The summed E-state index contributed by atoms with van der Waals surface area (Å²) in [6.07, 6.45) is 3.80. The Kier molecular flexibility index (Phi) is 3.34. The zero-order valence-corrected chi connectivity index (χ0v) is 8.62. The van der Waals surface area contributed by atoms with Gasteiger partial charge in [0.25, 0.3) is 0 Å². The molecule has 0 saturated carbocycles. The maximum atomic E-state index is 9.52. The molecule has 0 radical (unpaired) electrons. The maximum Gasteiger partial charge on any atom is 0.157 e. The molecule has 0 aliphatic rings. The molecule has 1 rings (SSSR count). The average molecular weight is 182 g/mol. The van der Waals surface area contributed by atoms with Crippen molar-refractivity contribution in [2.45, 2.75) is 46.1 Å². The number of hydrogen-bond acceptors (Lipinski definition) is 2. The van der Waals surface area contributed by atoms with Gasteiger partial charge < -0.3 is 5.11 Å². The second-order valence-electron chi connectivity index (χ2n) is 3.65. The fourth-order valence-electron chi connectivity index (χ4n) is 1.46. The number of aryl methyl sites for hydroxylation is 1. The number of unbranched alkanes of at least 4 members (excludes halogenated alkanes) is 1. The van der Waals surface area contributed by atoms with Crippen LogP contribution in [0.15, 0.2) is 6.20 Å². The fraction of sp³-hybridized carbons (Fsp3) is 0.700. The molecule has 13 heavy (non-hydrogen) atoms. The van der Waals surface area contributed by atoms with E-state index in [9.17, 15) is 5.11 Å². The fourth-order valence-corrected chi connectivity index (χ4v) is 1.46. The van der Waals surface area contributed by atoms with Crippen molar-refractivity contribution >= 4 is 0 Å². The number of rotatable bonds is 4. The van der Waals surface area contributed by atoms with E-state index in [0.717, 1.165) is 25.1 Å². The summed E-state index contributed by atoms with van der Waals surface area (Å²) >= 11 is 0. The SMILES string of the molecule is CCCCn1ncc(O)c1C(C)C. The van der Waals surface area contributed by atoms with Crippen LogP contribution in [0.1, 0.15) is 45.2 Å². The molecule has 74 valence electrons. The number of nitrogens with zero attached hydrogens (tertiary/aromatic N) is 2. The van der Waals surface area contributed by atoms with E-state index in [4.69, 9.17) is 0 Å². The second-order valence-corrected chi connectivity index (χ2v) is 3.65. The molecule has 0 unspecified atom stereocenters. The van der Waals surface area contributed by atoms with Gasteiger partial charge in [-0.15, -0.1) is 0 Å². The summed E-state index contributed by atoms with van der Waals surface area (Å²) in [5.74, 6) is 0.658. The maximum absolute atomic E-state index is 9.52. The summed E-state index contributed by atoms with van der Waals surface area (Å²) in [4.78, 5) is 0. The van der Waals surface area contributed by atoms with Crippen LogP contribution in [-0.4, -0.2) is 14.9 Å². The lowest BCUT2D eigenvalue weighted by atomic mass is 10.1. The van der Waals surface area contributed by atoms with Crippen LogP contribution in [0.5, 0.6) is 5.75 Å². The zero-order chi connectivity index (χ0) is 9.84. The molecule has 1 N–H and O–H groups in total. The van der Waals surface area contributed by atoms with Gasteiger partial charge in [-0.3, -0.25) is 4.68 Å². The molecule has 3 nitrogen and oxygen atoms in total. The lowest BCUT2D eigenvalue weighted by Crippen LogP contribution is -2.06. The molecule has 0 aliphatic carbocycles. The van der Waals surface area contributed by atoms with Crippen LogP contribution >= 0.6 is 0 Å². The molecule has 0 fully saturated rings. The van der Waals surface area contributed by atoms with Crippen molar-refractivity contribution in [3.63, 3.8) is 0 Å². The van der Waals surface area contributed by atoms with Gasteiger partial charge in [0.2, 0.25) is 0 Å². The molecule has 0 aromatic carbocycles. The predicted octanol–water partition coefficient (Wildman–Crippen LogP) is 2.51. The highest BCUT2D eigenvalue weighted by Crippen LogP contribution is 2.24. The molecule has 1 aromatic heterocycles. The molecule has 0 spiro atoms. The van der Waals surface area contributed by atoms with Gasteiger partial charge in [0.05, 0.1) is 11.9 Å².